The van der Waals surface area contributed by atoms with Crippen LogP contribution in [0.3, 0.4) is 0 Å². The summed E-state index contributed by atoms with van der Waals surface area (Å²) in [5.41, 5.74) is 10.6. The van der Waals surface area contributed by atoms with Crippen molar-refractivity contribution in [1.82, 2.24) is 0 Å². The Morgan fingerprint density at radius 1 is 0.378 bits per heavy atom. The fourth-order valence-corrected chi connectivity index (χ4v) is 4.49. The van der Waals surface area contributed by atoms with Crippen LogP contribution in [0.2, 0.25) is 0 Å². The lowest BCUT2D eigenvalue weighted by molar-refractivity contribution is 1.31. The van der Waals surface area contributed by atoms with Gasteiger partial charge in [0.1, 0.15) is 0 Å². The van der Waals surface area contributed by atoms with Gasteiger partial charge in [-0.2, -0.15) is 0 Å². The van der Waals surface area contributed by atoms with E-state index < -0.39 is 0 Å². The van der Waals surface area contributed by atoms with Crippen LogP contribution in [0.1, 0.15) is 96.2 Å². The molecule has 0 N–H and O–H groups in total. The highest BCUT2D eigenvalue weighted by molar-refractivity contribution is 5.76. The maximum absolute atomic E-state index is 4.17. The third-order valence-corrected chi connectivity index (χ3v) is 6.45. The SMILES string of the molecule is C.C1=Cc2ccccc2C1.C1=Cc2ccccc2C1.C1=Nc2ccccc2C1.C1=Nc2ccccc2C1.CC.CC.CC.CC. The van der Waals surface area contributed by atoms with Crippen molar-refractivity contribution in [1.29, 1.82) is 0 Å². The van der Waals surface area contributed by atoms with Crippen molar-refractivity contribution in [3.8, 4) is 0 Å². The minimum atomic E-state index is 0. The zero-order valence-corrected chi connectivity index (χ0v) is 28.4. The molecule has 0 aromatic heterocycles. The van der Waals surface area contributed by atoms with Gasteiger partial charge in [-0.05, 0) is 58.4 Å². The second kappa shape index (κ2) is 26.1. The topological polar surface area (TPSA) is 24.7 Å². The molecule has 8 rings (SSSR count). The first-order valence-electron chi connectivity index (χ1n) is 16.6. The Morgan fingerprint density at radius 2 is 0.689 bits per heavy atom. The van der Waals surface area contributed by atoms with Gasteiger partial charge in [0.25, 0.3) is 0 Å². The maximum atomic E-state index is 4.17. The van der Waals surface area contributed by atoms with E-state index in [4.69, 9.17) is 0 Å². The summed E-state index contributed by atoms with van der Waals surface area (Å²) < 4.78 is 0. The zero-order valence-electron chi connectivity index (χ0n) is 28.4. The number of fused-ring (bicyclic) bond motifs is 4. The molecule has 2 heterocycles. The van der Waals surface area contributed by atoms with Crippen LogP contribution < -0.4 is 0 Å². The van der Waals surface area contributed by atoms with E-state index in [0.717, 1.165) is 37.1 Å². The minimum Gasteiger partial charge on any atom is -0.261 e. The van der Waals surface area contributed by atoms with E-state index in [-0.39, 0.29) is 7.43 Å². The summed E-state index contributed by atoms with van der Waals surface area (Å²) in [5, 5.41) is 0. The Hall–Kier alpha value is -4.30. The van der Waals surface area contributed by atoms with E-state index >= 15 is 0 Å². The number of hydrogen-bond acceptors (Lipinski definition) is 2. The number of aliphatic imine (C=N–C) groups is 2. The molecule has 2 aliphatic heterocycles. The number of para-hydroxylation sites is 2. The number of nitrogens with zero attached hydrogens (tertiary/aromatic N) is 2. The van der Waals surface area contributed by atoms with Crippen molar-refractivity contribution in [2.24, 2.45) is 9.98 Å². The van der Waals surface area contributed by atoms with Crippen LogP contribution in [0.25, 0.3) is 12.2 Å². The van der Waals surface area contributed by atoms with Crippen LogP contribution in [0.5, 0.6) is 0 Å². The van der Waals surface area contributed by atoms with Crippen LogP contribution in [0.4, 0.5) is 11.4 Å². The number of benzene rings is 4. The molecule has 4 aliphatic rings. The van der Waals surface area contributed by atoms with Gasteiger partial charge in [0.2, 0.25) is 0 Å². The molecule has 0 unspecified atom stereocenters. The van der Waals surface area contributed by atoms with Crippen molar-refractivity contribution in [2.45, 2.75) is 88.5 Å². The third-order valence-electron chi connectivity index (χ3n) is 6.45. The Balaban J connectivity index is 0.000000530. The molecule has 240 valence electrons. The lowest BCUT2D eigenvalue weighted by Gasteiger charge is -1.93. The molecule has 0 bridgehead atoms. The minimum absolute atomic E-state index is 0. The Kier molecular flexibility index (Phi) is 23.6. The Bertz CT molecular complexity index is 1220. The monoisotopic (exact) mass is 602 g/mol. The number of rotatable bonds is 0. The van der Waals surface area contributed by atoms with Gasteiger partial charge in [-0.1, -0.05) is 172 Å². The normalized spacial score (nSPS) is 11.6. The fraction of sp³-hybridized carbons (Fsp3) is 0.302. The first-order chi connectivity index (χ1) is 21.9. The molecule has 0 saturated heterocycles. The molecule has 2 heteroatoms. The van der Waals surface area contributed by atoms with Crippen LogP contribution in [-0.2, 0) is 25.7 Å². The molecule has 0 saturated carbocycles. The molecule has 4 aromatic carbocycles. The Labute approximate surface area is 276 Å². The second-order valence-corrected chi connectivity index (χ2v) is 8.90. The Morgan fingerprint density at radius 3 is 1.02 bits per heavy atom. The van der Waals surface area contributed by atoms with Crippen LogP contribution in [0.15, 0.2) is 119 Å². The molecule has 0 amide bonds. The summed E-state index contributed by atoms with van der Waals surface area (Å²) in [7, 11) is 0. The van der Waals surface area contributed by atoms with E-state index in [0.29, 0.717) is 0 Å². The second-order valence-electron chi connectivity index (χ2n) is 8.90. The molecule has 2 aliphatic carbocycles. The molecule has 0 atom stereocenters. The summed E-state index contributed by atoms with van der Waals surface area (Å²) in [6.07, 6.45) is 16.9. The largest absolute Gasteiger partial charge is 0.261 e. The van der Waals surface area contributed by atoms with Crippen LogP contribution in [-0.4, -0.2) is 12.4 Å². The van der Waals surface area contributed by atoms with Gasteiger partial charge >= 0.3 is 0 Å². The average Bonchev–Trinajstić information content (AvgIpc) is 3.96. The predicted molar refractivity (Wildman–Crippen MR) is 207 cm³/mol. The zero-order chi connectivity index (χ0) is 32.4. The molecule has 0 radical (unpaired) electrons. The van der Waals surface area contributed by atoms with Gasteiger partial charge in [-0.25, -0.2) is 0 Å². The lowest BCUT2D eigenvalue weighted by Crippen LogP contribution is -1.76. The van der Waals surface area contributed by atoms with E-state index in [2.05, 4.69) is 95.0 Å². The first kappa shape index (κ1) is 40.7. The molecule has 0 spiro atoms. The third kappa shape index (κ3) is 13.9. The molecule has 2 nitrogen and oxygen atoms in total. The summed E-state index contributed by atoms with van der Waals surface area (Å²) in [5.74, 6) is 0. The predicted octanol–water partition coefficient (Wildman–Crippen LogP) is 13.1. The van der Waals surface area contributed by atoms with E-state index in [1.54, 1.807) is 0 Å². The van der Waals surface area contributed by atoms with Gasteiger partial charge in [0.05, 0.1) is 11.4 Å². The first-order valence-corrected chi connectivity index (χ1v) is 16.6. The summed E-state index contributed by atoms with van der Waals surface area (Å²) in [4.78, 5) is 8.35. The lowest BCUT2D eigenvalue weighted by atomic mass is 10.1. The molecule has 0 fully saturated rings. The fourth-order valence-electron chi connectivity index (χ4n) is 4.49. The number of hydrogen-bond donors (Lipinski definition) is 0. The van der Waals surface area contributed by atoms with Gasteiger partial charge < -0.3 is 0 Å². The van der Waals surface area contributed by atoms with E-state index in [1.165, 1.54) is 33.4 Å². The molecule has 45 heavy (non-hydrogen) atoms. The highest BCUT2D eigenvalue weighted by Crippen LogP contribution is 2.23. The van der Waals surface area contributed by atoms with Gasteiger partial charge in [-0.15, -0.1) is 0 Å². The smallest absolute Gasteiger partial charge is 0.0661 e. The summed E-state index contributed by atoms with van der Waals surface area (Å²) >= 11 is 0. The van der Waals surface area contributed by atoms with Gasteiger partial charge in [0.15, 0.2) is 0 Å². The maximum Gasteiger partial charge on any atom is 0.0661 e. The van der Waals surface area contributed by atoms with Crippen molar-refractivity contribution < 1.29 is 0 Å². The van der Waals surface area contributed by atoms with Crippen molar-refractivity contribution in [3.05, 3.63) is 143 Å². The van der Waals surface area contributed by atoms with E-state index in [9.17, 15) is 0 Å². The molecular formula is C43H58N2. The van der Waals surface area contributed by atoms with Crippen molar-refractivity contribution >= 4 is 36.0 Å². The summed E-state index contributed by atoms with van der Waals surface area (Å²) in [6.45, 7) is 16.0. The van der Waals surface area contributed by atoms with Crippen LogP contribution in [0, 0.1) is 0 Å². The highest BCUT2D eigenvalue weighted by atomic mass is 14.7. The molecular weight excluding hydrogens is 544 g/mol. The molecule has 4 aromatic rings. The number of allylic oxidation sites excluding steroid dienone is 2. The summed E-state index contributed by atoms with van der Waals surface area (Å²) in [6, 6.07) is 33.4. The van der Waals surface area contributed by atoms with Crippen molar-refractivity contribution in [2.75, 3.05) is 0 Å². The van der Waals surface area contributed by atoms with Crippen LogP contribution >= 0.6 is 0 Å². The highest BCUT2D eigenvalue weighted by Gasteiger charge is 2.03. The van der Waals surface area contributed by atoms with E-state index in [1.807, 2.05) is 104 Å². The van der Waals surface area contributed by atoms with Crippen molar-refractivity contribution in [3.63, 3.8) is 0 Å². The van der Waals surface area contributed by atoms with Gasteiger partial charge in [0, 0.05) is 25.3 Å². The average molecular weight is 603 g/mol. The van der Waals surface area contributed by atoms with Gasteiger partial charge in [-0.3, -0.25) is 9.98 Å². The quantitative estimate of drug-likeness (QED) is 0.191. The standard InChI is InChI=1S/2C9H8.2C8H7N.4C2H6.CH4/c2*1-2-5-9-7-3-6-8(9)4-1;2*1-2-4-8-7(3-1)5-6-9-8;4*1-2;/h2*1-6H,7H2;2*1-4,6H,5H2;4*1-2H3;1H4.